The van der Waals surface area contributed by atoms with Gasteiger partial charge in [-0.05, 0) is 23.6 Å². The second-order valence-corrected chi connectivity index (χ2v) is 7.09. The summed E-state index contributed by atoms with van der Waals surface area (Å²) in [5.74, 6) is -4.67. The van der Waals surface area contributed by atoms with Gasteiger partial charge in [-0.25, -0.2) is 0 Å². The topological polar surface area (TPSA) is 104 Å². The highest BCUT2D eigenvalue weighted by Crippen LogP contribution is 2.25. The van der Waals surface area contributed by atoms with Crippen LogP contribution in [0.1, 0.15) is 18.9 Å². The average molecular weight is 394 g/mol. The number of carbonyl (C=O) groups excluding carboxylic acids is 3. The molecule has 3 rings (SSSR count). The minimum absolute atomic E-state index is 0.0546. The fraction of sp³-hybridized carbons (Fsp3) is 0.273. The van der Waals surface area contributed by atoms with Gasteiger partial charge in [-0.3, -0.25) is 19.2 Å². The Balaban J connectivity index is 1.73. The van der Waals surface area contributed by atoms with Gasteiger partial charge in [-0.1, -0.05) is 54.6 Å². The van der Waals surface area contributed by atoms with Gasteiger partial charge in [0.25, 0.3) is 0 Å². The molecule has 1 aliphatic heterocycles. The number of amides is 2. The summed E-state index contributed by atoms with van der Waals surface area (Å²) in [5, 5.41) is 10.8. The highest BCUT2D eigenvalue weighted by molar-refractivity contribution is 6.19. The summed E-state index contributed by atoms with van der Waals surface area (Å²) in [7, 11) is 0. The van der Waals surface area contributed by atoms with Crippen molar-refractivity contribution >= 4 is 23.6 Å². The third-order valence-electron chi connectivity index (χ3n) is 4.97. The molecular weight excluding hydrogens is 372 g/mol. The Morgan fingerprint density at radius 2 is 1.66 bits per heavy atom. The molecule has 2 unspecified atom stereocenters. The minimum Gasteiger partial charge on any atom is -0.480 e. The van der Waals surface area contributed by atoms with Crippen LogP contribution in [0.25, 0.3) is 11.1 Å². The molecule has 2 N–H and O–H groups in total. The van der Waals surface area contributed by atoms with Crippen LogP contribution in [-0.4, -0.2) is 46.2 Å². The van der Waals surface area contributed by atoms with E-state index >= 15 is 0 Å². The Morgan fingerprint density at radius 3 is 2.28 bits per heavy atom. The van der Waals surface area contributed by atoms with Gasteiger partial charge < -0.3 is 15.3 Å². The van der Waals surface area contributed by atoms with Crippen molar-refractivity contribution in [2.45, 2.75) is 25.9 Å². The number of ketones is 1. The summed E-state index contributed by atoms with van der Waals surface area (Å²) >= 11 is 0. The fourth-order valence-corrected chi connectivity index (χ4v) is 3.43. The van der Waals surface area contributed by atoms with Gasteiger partial charge in [-0.2, -0.15) is 0 Å². The van der Waals surface area contributed by atoms with Crippen molar-refractivity contribution < 1.29 is 24.3 Å². The van der Waals surface area contributed by atoms with Crippen LogP contribution in [-0.2, 0) is 25.7 Å². The Hall–Kier alpha value is -3.48. The van der Waals surface area contributed by atoms with E-state index in [1.165, 1.54) is 4.90 Å². The molecule has 7 nitrogen and oxygen atoms in total. The first-order valence-corrected chi connectivity index (χ1v) is 9.34. The molecule has 29 heavy (non-hydrogen) atoms. The zero-order valence-electron chi connectivity index (χ0n) is 16.0. The maximum Gasteiger partial charge on any atom is 0.322 e. The summed E-state index contributed by atoms with van der Waals surface area (Å²) in [6.45, 7) is 1.40. The van der Waals surface area contributed by atoms with Crippen LogP contribution in [0.4, 0.5) is 0 Å². The molecule has 2 aromatic rings. The lowest BCUT2D eigenvalue weighted by Crippen LogP contribution is -2.55. The van der Waals surface area contributed by atoms with Crippen LogP contribution >= 0.6 is 0 Å². The molecule has 150 valence electrons. The number of benzene rings is 2. The molecule has 1 fully saturated rings. The monoisotopic (exact) mass is 394 g/mol. The van der Waals surface area contributed by atoms with Crippen LogP contribution in [0.15, 0.2) is 54.6 Å². The first-order chi connectivity index (χ1) is 13.9. The molecule has 0 radical (unpaired) electrons. The second kappa shape index (κ2) is 8.68. The highest BCUT2D eigenvalue weighted by Gasteiger charge is 2.43. The van der Waals surface area contributed by atoms with E-state index < -0.39 is 36.0 Å². The molecule has 0 spiro atoms. The maximum absolute atomic E-state index is 12.8. The van der Waals surface area contributed by atoms with Crippen molar-refractivity contribution in [1.82, 2.24) is 10.2 Å². The number of nitrogens with zero attached hydrogens (tertiary/aromatic N) is 1. The quantitative estimate of drug-likeness (QED) is 0.728. The highest BCUT2D eigenvalue weighted by atomic mass is 16.4. The lowest BCUT2D eigenvalue weighted by Gasteiger charge is -2.36. The Kier molecular flexibility index (Phi) is 6.07. The number of nitrogens with one attached hydrogen (secondary N) is 1. The molecule has 0 saturated carbocycles. The van der Waals surface area contributed by atoms with Gasteiger partial charge in [0, 0.05) is 19.0 Å². The smallest absolute Gasteiger partial charge is 0.322 e. The molecule has 1 aliphatic rings. The zero-order chi connectivity index (χ0) is 21.0. The lowest BCUT2D eigenvalue weighted by atomic mass is 9.89. The van der Waals surface area contributed by atoms with E-state index in [4.69, 9.17) is 5.11 Å². The number of rotatable bonds is 6. The zero-order valence-corrected chi connectivity index (χ0v) is 16.0. The molecule has 1 heterocycles. The van der Waals surface area contributed by atoms with E-state index in [1.54, 1.807) is 6.92 Å². The van der Waals surface area contributed by atoms with Gasteiger partial charge >= 0.3 is 5.97 Å². The number of likely N-dealkylation sites (tertiary alicyclic amines) is 1. The predicted octanol–water partition coefficient (Wildman–Crippen LogP) is 1.86. The van der Waals surface area contributed by atoms with Crippen molar-refractivity contribution in [3.05, 3.63) is 60.2 Å². The Morgan fingerprint density at radius 1 is 1.03 bits per heavy atom. The first kappa shape index (κ1) is 20.3. The maximum atomic E-state index is 12.8. The van der Waals surface area contributed by atoms with E-state index in [9.17, 15) is 19.2 Å². The summed E-state index contributed by atoms with van der Waals surface area (Å²) < 4.78 is 0. The van der Waals surface area contributed by atoms with Crippen molar-refractivity contribution in [2.24, 2.45) is 5.92 Å². The van der Waals surface area contributed by atoms with Crippen LogP contribution in [0.3, 0.4) is 0 Å². The Bertz CT molecular complexity index is 924. The second-order valence-electron chi connectivity index (χ2n) is 7.09. The van der Waals surface area contributed by atoms with Gasteiger partial charge in [0.1, 0.15) is 6.54 Å². The summed E-state index contributed by atoms with van der Waals surface area (Å²) in [6, 6.07) is 17.3. The summed E-state index contributed by atoms with van der Waals surface area (Å²) in [4.78, 5) is 49.4. The predicted molar refractivity (Wildman–Crippen MR) is 106 cm³/mol. The molecule has 0 bridgehead atoms. The molecule has 7 heteroatoms. The van der Waals surface area contributed by atoms with Gasteiger partial charge in [-0.15, -0.1) is 0 Å². The van der Waals surface area contributed by atoms with E-state index in [1.807, 2.05) is 54.6 Å². The van der Waals surface area contributed by atoms with Crippen molar-refractivity contribution in [3.63, 3.8) is 0 Å². The summed E-state index contributed by atoms with van der Waals surface area (Å²) in [6.07, 6.45) is 0.0546. The standard InChI is InChI=1S/C22H22N2O5/c1-14-11-18(25)20(21(28)23-12-19(26)27)22(29)24(14)13-15-7-9-17(10-8-15)16-5-3-2-4-6-16/h2-10,14,20H,11-13H2,1H3,(H,23,28)(H,26,27). The molecule has 2 atom stereocenters. The van der Waals surface area contributed by atoms with Crippen molar-refractivity contribution in [2.75, 3.05) is 6.54 Å². The fourth-order valence-electron chi connectivity index (χ4n) is 3.43. The van der Waals surface area contributed by atoms with Gasteiger partial charge in [0.2, 0.25) is 11.8 Å². The molecule has 2 aromatic carbocycles. The van der Waals surface area contributed by atoms with Gasteiger partial charge in [0.15, 0.2) is 11.7 Å². The largest absolute Gasteiger partial charge is 0.480 e. The van der Waals surface area contributed by atoms with Crippen LogP contribution < -0.4 is 5.32 Å². The Labute approximate surface area is 168 Å². The normalized spacial score (nSPS) is 19.1. The molecule has 0 aliphatic carbocycles. The molecular formula is C22H22N2O5. The van der Waals surface area contributed by atoms with E-state index in [0.717, 1.165) is 16.7 Å². The van der Waals surface area contributed by atoms with Gasteiger partial charge in [0.05, 0.1) is 0 Å². The van der Waals surface area contributed by atoms with E-state index in [-0.39, 0.29) is 19.0 Å². The number of carbonyl (C=O) groups is 4. The molecule has 0 aromatic heterocycles. The number of Topliss-reactive ketones (excluding diaryl/α,β-unsaturated/α-hetero) is 1. The van der Waals surface area contributed by atoms with Crippen LogP contribution in [0, 0.1) is 5.92 Å². The third-order valence-corrected chi connectivity index (χ3v) is 4.97. The number of carboxylic acid groups (broad SMARTS) is 1. The number of piperidine rings is 1. The number of aliphatic carboxylic acids is 1. The SMILES string of the molecule is CC1CC(=O)C(C(=O)NCC(=O)O)C(=O)N1Cc1ccc(-c2ccccc2)cc1. The average Bonchev–Trinajstić information content (AvgIpc) is 2.70. The number of hydrogen-bond acceptors (Lipinski definition) is 4. The number of carboxylic acids is 1. The number of hydrogen-bond donors (Lipinski definition) is 2. The summed E-state index contributed by atoms with van der Waals surface area (Å²) in [5.41, 5.74) is 3.01. The minimum atomic E-state index is -1.49. The van der Waals surface area contributed by atoms with Crippen LogP contribution in [0.2, 0.25) is 0 Å². The third kappa shape index (κ3) is 4.68. The molecule has 2 amide bonds. The molecule has 1 saturated heterocycles. The van der Waals surface area contributed by atoms with Crippen LogP contribution in [0.5, 0.6) is 0 Å². The lowest BCUT2D eigenvalue weighted by molar-refractivity contribution is -0.154. The van der Waals surface area contributed by atoms with E-state index in [2.05, 4.69) is 5.32 Å². The van der Waals surface area contributed by atoms with E-state index in [0.29, 0.717) is 0 Å². The van der Waals surface area contributed by atoms with Crippen molar-refractivity contribution in [1.29, 1.82) is 0 Å². The van der Waals surface area contributed by atoms with Crippen molar-refractivity contribution in [3.8, 4) is 11.1 Å². The first-order valence-electron chi connectivity index (χ1n) is 9.34.